The van der Waals surface area contributed by atoms with Crippen LogP contribution < -0.4 is 15.4 Å². The number of nitrogens with two attached hydrogens (primary N) is 1. The van der Waals surface area contributed by atoms with Crippen molar-refractivity contribution >= 4 is 27.5 Å². The maximum absolute atomic E-state index is 12.6. The molecule has 24 heavy (non-hydrogen) atoms. The molecule has 2 aromatic carbocycles. The molecule has 8 heteroatoms. The largest absolute Gasteiger partial charge is 0.368 e. The average molecular weight is 347 g/mol. The van der Waals surface area contributed by atoms with E-state index in [9.17, 15) is 18.0 Å². The molecule has 0 radical (unpaired) electrons. The van der Waals surface area contributed by atoms with E-state index in [2.05, 4.69) is 5.32 Å². The van der Waals surface area contributed by atoms with Gasteiger partial charge >= 0.3 is 0 Å². The van der Waals surface area contributed by atoms with Crippen molar-refractivity contribution < 1.29 is 18.0 Å². The second-order valence-electron chi connectivity index (χ2n) is 4.98. The summed E-state index contributed by atoms with van der Waals surface area (Å²) in [5.74, 6) is -1.17. The Labute approximate surface area is 140 Å². The van der Waals surface area contributed by atoms with Crippen LogP contribution in [0.4, 0.5) is 5.69 Å². The molecule has 0 unspecified atom stereocenters. The number of primary amides is 1. The molecule has 0 aliphatic heterocycles. The summed E-state index contributed by atoms with van der Waals surface area (Å²) in [5.41, 5.74) is 5.71. The predicted molar refractivity (Wildman–Crippen MR) is 90.0 cm³/mol. The van der Waals surface area contributed by atoms with E-state index in [1.807, 2.05) is 0 Å². The Morgan fingerprint density at radius 2 is 1.62 bits per heavy atom. The molecule has 2 rings (SSSR count). The van der Waals surface area contributed by atoms with E-state index in [0.29, 0.717) is 5.69 Å². The maximum atomic E-state index is 12.6. The van der Waals surface area contributed by atoms with Crippen molar-refractivity contribution in [2.75, 3.05) is 17.9 Å². The van der Waals surface area contributed by atoms with Gasteiger partial charge in [-0.05, 0) is 36.4 Å². The minimum Gasteiger partial charge on any atom is -0.368 e. The van der Waals surface area contributed by atoms with Crippen molar-refractivity contribution in [1.82, 2.24) is 5.32 Å². The molecule has 0 aromatic heterocycles. The molecule has 126 valence electrons. The standard InChI is InChI=1S/C16H17N3O4S/c1-19(13-5-3-2-4-6-13)24(22,23)14-9-7-12(8-10-14)16(21)18-11-15(17)20/h2-10H,11H2,1H3,(H2,17,20)(H,18,21). The molecule has 3 N–H and O–H groups in total. The van der Waals surface area contributed by atoms with Crippen molar-refractivity contribution in [3.63, 3.8) is 0 Å². The number of rotatable bonds is 6. The summed E-state index contributed by atoms with van der Waals surface area (Å²) in [5, 5.41) is 2.33. The van der Waals surface area contributed by atoms with Crippen LogP contribution in [0.3, 0.4) is 0 Å². The van der Waals surface area contributed by atoms with Gasteiger partial charge in [0.05, 0.1) is 17.1 Å². The van der Waals surface area contributed by atoms with Gasteiger partial charge in [0.1, 0.15) is 0 Å². The molecule has 0 bridgehead atoms. The molecular formula is C16H17N3O4S. The topological polar surface area (TPSA) is 110 Å². The first-order valence-electron chi connectivity index (χ1n) is 7.03. The Hall–Kier alpha value is -2.87. The van der Waals surface area contributed by atoms with Crippen molar-refractivity contribution in [2.24, 2.45) is 5.73 Å². The smallest absolute Gasteiger partial charge is 0.264 e. The summed E-state index contributed by atoms with van der Waals surface area (Å²) in [4.78, 5) is 22.5. The fourth-order valence-electron chi connectivity index (χ4n) is 1.98. The molecular weight excluding hydrogens is 330 g/mol. The van der Waals surface area contributed by atoms with Crippen LogP contribution >= 0.6 is 0 Å². The first-order valence-corrected chi connectivity index (χ1v) is 8.47. The Morgan fingerprint density at radius 1 is 1.04 bits per heavy atom. The fraction of sp³-hybridized carbons (Fsp3) is 0.125. The molecule has 0 spiro atoms. The summed E-state index contributed by atoms with van der Waals surface area (Å²) >= 11 is 0. The summed E-state index contributed by atoms with van der Waals surface area (Å²) < 4.78 is 26.3. The van der Waals surface area contributed by atoms with Crippen LogP contribution in [0.15, 0.2) is 59.5 Å². The molecule has 0 saturated carbocycles. The van der Waals surface area contributed by atoms with Gasteiger partial charge in [0.15, 0.2) is 0 Å². The molecule has 0 atom stereocenters. The van der Waals surface area contributed by atoms with Gasteiger partial charge in [0, 0.05) is 12.6 Å². The number of para-hydroxylation sites is 1. The van der Waals surface area contributed by atoms with Crippen molar-refractivity contribution in [3.8, 4) is 0 Å². The number of amides is 2. The fourth-order valence-corrected chi connectivity index (χ4v) is 3.18. The van der Waals surface area contributed by atoms with Gasteiger partial charge < -0.3 is 11.1 Å². The Kier molecular flexibility index (Phi) is 5.20. The number of anilines is 1. The van der Waals surface area contributed by atoms with Gasteiger partial charge in [-0.3, -0.25) is 13.9 Å². The SMILES string of the molecule is CN(c1ccccc1)S(=O)(=O)c1ccc(C(=O)NCC(N)=O)cc1. The zero-order valence-electron chi connectivity index (χ0n) is 13.0. The van der Waals surface area contributed by atoms with E-state index < -0.39 is 21.8 Å². The summed E-state index contributed by atoms with van der Waals surface area (Å²) in [6.07, 6.45) is 0. The molecule has 2 aromatic rings. The van der Waals surface area contributed by atoms with Crippen LogP contribution in [-0.4, -0.2) is 33.8 Å². The number of hydrogen-bond acceptors (Lipinski definition) is 4. The van der Waals surface area contributed by atoms with Gasteiger partial charge in [-0.2, -0.15) is 0 Å². The van der Waals surface area contributed by atoms with Crippen LogP contribution in [0.5, 0.6) is 0 Å². The van der Waals surface area contributed by atoms with Crippen LogP contribution in [0.25, 0.3) is 0 Å². The Bertz CT molecular complexity index is 833. The van der Waals surface area contributed by atoms with E-state index in [-0.39, 0.29) is 17.0 Å². The minimum atomic E-state index is -3.73. The molecule has 0 heterocycles. The molecule has 2 amide bonds. The van der Waals surface area contributed by atoms with Crippen molar-refractivity contribution in [2.45, 2.75) is 4.90 Å². The lowest BCUT2D eigenvalue weighted by Gasteiger charge is -2.19. The second-order valence-corrected chi connectivity index (χ2v) is 6.95. The van der Waals surface area contributed by atoms with Gasteiger partial charge in [-0.1, -0.05) is 18.2 Å². The number of nitrogens with zero attached hydrogens (tertiary/aromatic N) is 1. The second kappa shape index (κ2) is 7.14. The van der Waals surface area contributed by atoms with Gasteiger partial charge in [-0.15, -0.1) is 0 Å². The molecule has 0 aliphatic rings. The zero-order valence-corrected chi connectivity index (χ0v) is 13.8. The molecule has 0 saturated heterocycles. The number of carbonyl (C=O) groups is 2. The number of nitrogens with one attached hydrogen (secondary N) is 1. The first-order chi connectivity index (χ1) is 11.3. The quantitative estimate of drug-likeness (QED) is 0.802. The van der Waals surface area contributed by atoms with E-state index >= 15 is 0 Å². The third kappa shape index (κ3) is 3.90. The monoisotopic (exact) mass is 347 g/mol. The van der Waals surface area contributed by atoms with Crippen LogP contribution in [-0.2, 0) is 14.8 Å². The third-order valence-electron chi connectivity index (χ3n) is 3.32. The third-order valence-corrected chi connectivity index (χ3v) is 5.12. The molecule has 0 fully saturated rings. The van der Waals surface area contributed by atoms with E-state index in [0.717, 1.165) is 4.31 Å². The molecule has 7 nitrogen and oxygen atoms in total. The van der Waals surface area contributed by atoms with Crippen molar-refractivity contribution in [3.05, 3.63) is 60.2 Å². The molecule has 0 aliphatic carbocycles. The highest BCUT2D eigenvalue weighted by molar-refractivity contribution is 7.92. The van der Waals surface area contributed by atoms with E-state index in [4.69, 9.17) is 5.73 Å². The number of sulfonamides is 1. The lowest BCUT2D eigenvalue weighted by atomic mass is 10.2. The number of hydrogen-bond donors (Lipinski definition) is 2. The van der Waals surface area contributed by atoms with E-state index in [1.54, 1.807) is 30.3 Å². The lowest BCUT2D eigenvalue weighted by Crippen LogP contribution is -2.33. The number of benzene rings is 2. The summed E-state index contributed by atoms with van der Waals surface area (Å²) in [7, 11) is -2.28. The van der Waals surface area contributed by atoms with Gasteiger partial charge in [-0.25, -0.2) is 8.42 Å². The zero-order chi connectivity index (χ0) is 17.7. The maximum Gasteiger partial charge on any atom is 0.264 e. The average Bonchev–Trinajstić information content (AvgIpc) is 2.59. The highest BCUT2D eigenvalue weighted by Crippen LogP contribution is 2.21. The first kappa shape index (κ1) is 17.5. The van der Waals surface area contributed by atoms with Crippen molar-refractivity contribution in [1.29, 1.82) is 0 Å². The minimum absolute atomic E-state index is 0.0558. The summed E-state index contributed by atoms with van der Waals surface area (Å²) in [6, 6.07) is 14.1. The Morgan fingerprint density at radius 3 is 2.17 bits per heavy atom. The summed E-state index contributed by atoms with van der Waals surface area (Å²) in [6.45, 7) is -0.282. The predicted octanol–water partition coefficient (Wildman–Crippen LogP) is 0.727. The lowest BCUT2D eigenvalue weighted by molar-refractivity contribution is -0.117. The normalized spacial score (nSPS) is 10.9. The van der Waals surface area contributed by atoms with Gasteiger partial charge in [0.2, 0.25) is 5.91 Å². The van der Waals surface area contributed by atoms with Crippen LogP contribution in [0, 0.1) is 0 Å². The van der Waals surface area contributed by atoms with Crippen LogP contribution in [0.1, 0.15) is 10.4 Å². The highest BCUT2D eigenvalue weighted by atomic mass is 32.2. The van der Waals surface area contributed by atoms with Crippen LogP contribution in [0.2, 0.25) is 0 Å². The Balaban J connectivity index is 2.20. The van der Waals surface area contributed by atoms with E-state index in [1.165, 1.54) is 31.3 Å². The van der Waals surface area contributed by atoms with Gasteiger partial charge in [0.25, 0.3) is 15.9 Å². The number of carbonyl (C=O) groups excluding carboxylic acids is 2. The highest BCUT2D eigenvalue weighted by Gasteiger charge is 2.21.